The Labute approximate surface area is 140 Å². The zero-order chi connectivity index (χ0) is 17.5. The Morgan fingerprint density at radius 1 is 1.33 bits per heavy atom. The molecule has 0 radical (unpaired) electrons. The maximum Gasteiger partial charge on any atom is 0.317 e. The Morgan fingerprint density at radius 3 is 2.75 bits per heavy atom. The first-order valence-electron chi connectivity index (χ1n) is 7.91. The molecule has 1 aromatic heterocycles. The second-order valence-corrected chi connectivity index (χ2v) is 5.47. The van der Waals surface area contributed by atoms with Gasteiger partial charge in [-0.15, -0.1) is 0 Å². The lowest BCUT2D eigenvalue weighted by Gasteiger charge is -2.28. The first-order valence-corrected chi connectivity index (χ1v) is 7.91. The monoisotopic (exact) mass is 333 g/mol. The fourth-order valence-corrected chi connectivity index (χ4v) is 2.53. The van der Waals surface area contributed by atoms with Crippen molar-refractivity contribution in [3.63, 3.8) is 0 Å². The van der Waals surface area contributed by atoms with Crippen molar-refractivity contribution in [2.45, 2.75) is 26.3 Å². The Kier molecular flexibility index (Phi) is 6.23. The van der Waals surface area contributed by atoms with Gasteiger partial charge in [0.1, 0.15) is 11.6 Å². The van der Waals surface area contributed by atoms with Gasteiger partial charge < -0.3 is 10.2 Å². The maximum absolute atomic E-state index is 13.6. The minimum Gasteiger partial charge on any atom is -0.338 e. The summed E-state index contributed by atoms with van der Waals surface area (Å²) in [6, 6.07) is 6.86. The van der Waals surface area contributed by atoms with Crippen LogP contribution in [-0.2, 0) is 6.42 Å². The van der Waals surface area contributed by atoms with Crippen LogP contribution < -0.4 is 5.32 Å². The van der Waals surface area contributed by atoms with Crippen molar-refractivity contribution in [3.8, 4) is 0 Å². The molecule has 0 bridgehead atoms. The van der Waals surface area contributed by atoms with Crippen LogP contribution in [0.1, 0.15) is 31.0 Å². The molecule has 1 N–H and O–H groups in total. The molecular weight excluding hydrogens is 312 g/mol. The van der Waals surface area contributed by atoms with E-state index in [0.29, 0.717) is 18.5 Å². The van der Waals surface area contributed by atoms with Gasteiger partial charge >= 0.3 is 6.03 Å². The first kappa shape index (κ1) is 17.8. The molecular formula is C18H21F2N3O. The molecule has 0 aliphatic rings. The third-order valence-corrected chi connectivity index (χ3v) is 3.92. The lowest BCUT2D eigenvalue weighted by molar-refractivity contribution is 0.183. The number of carbonyl (C=O) groups excluding carboxylic acids is 1. The van der Waals surface area contributed by atoms with Gasteiger partial charge in [0.25, 0.3) is 0 Å². The molecule has 0 saturated carbocycles. The molecule has 1 heterocycles. The van der Waals surface area contributed by atoms with E-state index in [-0.39, 0.29) is 18.6 Å². The molecule has 128 valence electrons. The lowest BCUT2D eigenvalue weighted by atomic mass is 10.1. The van der Waals surface area contributed by atoms with Gasteiger partial charge in [0.15, 0.2) is 0 Å². The van der Waals surface area contributed by atoms with Crippen LogP contribution in [0.2, 0.25) is 0 Å². The number of hydrogen-bond acceptors (Lipinski definition) is 2. The predicted molar refractivity (Wildman–Crippen MR) is 88.5 cm³/mol. The summed E-state index contributed by atoms with van der Waals surface area (Å²) in [5.74, 6) is -1.21. The summed E-state index contributed by atoms with van der Waals surface area (Å²) < 4.78 is 26.5. The standard InChI is InChI=1S/C18H21F2N3O/c1-3-23(13(2)15-5-4-9-21-12-15)18(24)22-10-8-14-6-7-16(19)11-17(14)20/h4-7,9,11-13H,3,8,10H2,1-2H3,(H,22,24)/t13-/m0/s1. The van der Waals surface area contributed by atoms with Crippen molar-refractivity contribution in [1.82, 2.24) is 15.2 Å². The van der Waals surface area contributed by atoms with Gasteiger partial charge in [-0.3, -0.25) is 4.98 Å². The number of benzene rings is 1. The highest BCUT2D eigenvalue weighted by Gasteiger charge is 2.19. The van der Waals surface area contributed by atoms with Gasteiger partial charge in [0.2, 0.25) is 0 Å². The summed E-state index contributed by atoms with van der Waals surface area (Å²) in [6.07, 6.45) is 3.72. The van der Waals surface area contributed by atoms with Crippen molar-refractivity contribution in [2.24, 2.45) is 0 Å². The van der Waals surface area contributed by atoms with E-state index in [1.807, 2.05) is 26.0 Å². The van der Waals surface area contributed by atoms with Crippen LogP contribution in [0.25, 0.3) is 0 Å². The SMILES string of the molecule is CCN(C(=O)NCCc1ccc(F)cc1F)[C@@H](C)c1cccnc1. The van der Waals surface area contributed by atoms with Crippen LogP contribution >= 0.6 is 0 Å². The lowest BCUT2D eigenvalue weighted by Crippen LogP contribution is -2.42. The Morgan fingerprint density at radius 2 is 2.12 bits per heavy atom. The van der Waals surface area contributed by atoms with E-state index in [2.05, 4.69) is 10.3 Å². The van der Waals surface area contributed by atoms with Crippen molar-refractivity contribution in [1.29, 1.82) is 0 Å². The molecule has 6 heteroatoms. The molecule has 0 saturated heterocycles. The summed E-state index contributed by atoms with van der Waals surface area (Å²) in [6.45, 7) is 4.64. The van der Waals surface area contributed by atoms with Gasteiger partial charge in [-0.1, -0.05) is 12.1 Å². The van der Waals surface area contributed by atoms with Crippen LogP contribution in [-0.4, -0.2) is 29.0 Å². The zero-order valence-electron chi connectivity index (χ0n) is 13.8. The van der Waals surface area contributed by atoms with Crippen molar-refractivity contribution < 1.29 is 13.6 Å². The number of hydrogen-bond donors (Lipinski definition) is 1. The Hall–Kier alpha value is -2.50. The predicted octanol–water partition coefficient (Wildman–Crippen LogP) is 3.70. The average molecular weight is 333 g/mol. The quantitative estimate of drug-likeness (QED) is 0.876. The van der Waals surface area contributed by atoms with Crippen LogP contribution in [0.4, 0.5) is 13.6 Å². The van der Waals surface area contributed by atoms with E-state index in [9.17, 15) is 13.6 Å². The summed E-state index contributed by atoms with van der Waals surface area (Å²) in [4.78, 5) is 18.1. The number of halogens is 2. The molecule has 1 aromatic carbocycles. The molecule has 2 rings (SSSR count). The fraction of sp³-hybridized carbons (Fsp3) is 0.333. The van der Waals surface area contributed by atoms with Crippen molar-refractivity contribution in [2.75, 3.05) is 13.1 Å². The number of nitrogens with one attached hydrogen (secondary N) is 1. The van der Waals surface area contributed by atoms with Gasteiger partial charge in [-0.25, -0.2) is 13.6 Å². The second-order valence-electron chi connectivity index (χ2n) is 5.47. The van der Waals surface area contributed by atoms with Crippen LogP contribution in [0.5, 0.6) is 0 Å². The number of amides is 2. The molecule has 24 heavy (non-hydrogen) atoms. The molecule has 4 nitrogen and oxygen atoms in total. The van der Waals surface area contributed by atoms with E-state index < -0.39 is 11.6 Å². The second kappa shape index (κ2) is 8.38. The zero-order valence-corrected chi connectivity index (χ0v) is 13.8. The number of nitrogens with zero attached hydrogens (tertiary/aromatic N) is 2. The molecule has 1 atom stereocenters. The Bertz CT molecular complexity index is 679. The molecule has 0 spiro atoms. The van der Waals surface area contributed by atoms with E-state index in [4.69, 9.17) is 0 Å². The molecule has 0 aliphatic heterocycles. The third kappa shape index (κ3) is 4.50. The smallest absolute Gasteiger partial charge is 0.317 e. The summed E-state index contributed by atoms with van der Waals surface area (Å²) >= 11 is 0. The molecule has 2 amide bonds. The number of carbonyl (C=O) groups is 1. The largest absolute Gasteiger partial charge is 0.338 e. The minimum absolute atomic E-state index is 0.119. The average Bonchev–Trinajstić information content (AvgIpc) is 2.58. The van der Waals surface area contributed by atoms with Crippen molar-refractivity contribution >= 4 is 6.03 Å². The number of pyridine rings is 1. The molecule has 0 unspecified atom stereocenters. The topological polar surface area (TPSA) is 45.2 Å². The van der Waals surface area contributed by atoms with E-state index >= 15 is 0 Å². The minimum atomic E-state index is -0.609. The first-order chi connectivity index (χ1) is 11.5. The number of rotatable bonds is 6. The van der Waals surface area contributed by atoms with Crippen molar-refractivity contribution in [3.05, 3.63) is 65.5 Å². The van der Waals surface area contributed by atoms with E-state index in [0.717, 1.165) is 11.6 Å². The normalized spacial score (nSPS) is 11.8. The van der Waals surface area contributed by atoms with Gasteiger partial charge in [0, 0.05) is 31.5 Å². The van der Waals surface area contributed by atoms with Crippen LogP contribution in [0.15, 0.2) is 42.7 Å². The number of urea groups is 1. The van der Waals surface area contributed by atoms with Gasteiger partial charge in [0.05, 0.1) is 6.04 Å². The highest BCUT2D eigenvalue weighted by molar-refractivity contribution is 5.74. The maximum atomic E-state index is 13.6. The summed E-state index contributed by atoms with van der Waals surface area (Å²) in [5.41, 5.74) is 1.32. The van der Waals surface area contributed by atoms with E-state index in [1.54, 1.807) is 17.3 Å². The highest BCUT2D eigenvalue weighted by atomic mass is 19.1. The molecule has 0 fully saturated rings. The fourth-order valence-electron chi connectivity index (χ4n) is 2.53. The van der Waals surface area contributed by atoms with Crippen LogP contribution in [0.3, 0.4) is 0 Å². The van der Waals surface area contributed by atoms with Crippen LogP contribution in [0, 0.1) is 11.6 Å². The third-order valence-electron chi connectivity index (χ3n) is 3.92. The number of aromatic nitrogens is 1. The Balaban J connectivity index is 1.92. The van der Waals surface area contributed by atoms with Gasteiger partial charge in [-0.05, 0) is 43.5 Å². The molecule has 2 aromatic rings. The summed E-state index contributed by atoms with van der Waals surface area (Å²) in [7, 11) is 0. The van der Waals surface area contributed by atoms with Gasteiger partial charge in [-0.2, -0.15) is 0 Å². The summed E-state index contributed by atoms with van der Waals surface area (Å²) in [5, 5.41) is 2.78. The molecule has 0 aliphatic carbocycles. The highest BCUT2D eigenvalue weighted by Crippen LogP contribution is 2.18. The van der Waals surface area contributed by atoms with E-state index in [1.165, 1.54) is 12.1 Å².